The quantitative estimate of drug-likeness (QED) is 0.442. The molecule has 0 saturated heterocycles. The molecule has 0 aliphatic carbocycles. The van der Waals surface area contributed by atoms with Crippen LogP contribution in [0.25, 0.3) is 16.7 Å². The fourth-order valence-corrected chi connectivity index (χ4v) is 2.45. The molecule has 0 radical (unpaired) electrons. The highest BCUT2D eigenvalue weighted by Gasteiger charge is 2.31. The van der Waals surface area contributed by atoms with E-state index < -0.39 is 11.8 Å². The normalized spacial score (nSPS) is 13.0. The van der Waals surface area contributed by atoms with E-state index in [4.69, 9.17) is 10.00 Å². The van der Waals surface area contributed by atoms with Crippen LogP contribution in [0.15, 0.2) is 54.6 Å². The van der Waals surface area contributed by atoms with Crippen molar-refractivity contribution in [3.8, 4) is 11.8 Å². The van der Waals surface area contributed by atoms with Gasteiger partial charge in [-0.05, 0) is 31.2 Å². The number of benzene rings is 2. The first-order valence-corrected chi connectivity index (χ1v) is 7.80. The van der Waals surface area contributed by atoms with Crippen molar-refractivity contribution in [2.24, 2.45) is 0 Å². The number of hydrogen-bond acceptors (Lipinski definition) is 6. The van der Waals surface area contributed by atoms with E-state index in [0.29, 0.717) is 27.8 Å². The Kier molecular flexibility index (Phi) is 4.28. The van der Waals surface area contributed by atoms with Crippen molar-refractivity contribution in [3.63, 3.8) is 0 Å². The number of fused-ring (bicyclic) bond motifs is 1. The molecular formula is C19H16N4O3. The number of nitriles is 1. The molecule has 130 valence electrons. The van der Waals surface area contributed by atoms with Crippen LogP contribution in [0.2, 0.25) is 0 Å². The smallest absolute Gasteiger partial charge is 0.335 e. The number of aromatic nitrogens is 3. The molecule has 3 aromatic rings. The molecule has 0 aliphatic heterocycles. The molecular weight excluding hydrogens is 332 g/mol. The molecule has 1 unspecified atom stereocenters. The van der Waals surface area contributed by atoms with Crippen molar-refractivity contribution >= 4 is 17.0 Å². The first kappa shape index (κ1) is 17.3. The van der Waals surface area contributed by atoms with Gasteiger partial charge in [0, 0.05) is 12.5 Å². The van der Waals surface area contributed by atoms with Gasteiger partial charge in [0.05, 0.1) is 22.9 Å². The summed E-state index contributed by atoms with van der Waals surface area (Å²) in [6.07, 6.45) is 0. The first-order chi connectivity index (χ1) is 12.3. The van der Waals surface area contributed by atoms with E-state index in [9.17, 15) is 9.90 Å². The molecule has 0 aliphatic rings. The summed E-state index contributed by atoms with van der Waals surface area (Å²) in [5, 5.41) is 28.5. The molecule has 0 bridgehead atoms. The molecule has 1 N–H and O–H groups in total. The van der Waals surface area contributed by atoms with Crippen LogP contribution < -0.4 is 0 Å². The lowest BCUT2D eigenvalue weighted by Gasteiger charge is -2.25. The third kappa shape index (κ3) is 3.18. The average molecular weight is 348 g/mol. The van der Waals surface area contributed by atoms with Crippen molar-refractivity contribution in [3.05, 3.63) is 65.7 Å². The average Bonchev–Trinajstić information content (AvgIpc) is 3.04. The SMILES string of the molecule is C=C(C)C(=O)OC(C)(O)c1ccccc1-n1nc2ccc(C#N)cc2n1. The summed E-state index contributed by atoms with van der Waals surface area (Å²) in [5.41, 5.74) is 2.54. The van der Waals surface area contributed by atoms with Gasteiger partial charge in [0.15, 0.2) is 0 Å². The maximum atomic E-state index is 11.8. The van der Waals surface area contributed by atoms with Crippen LogP contribution in [0.5, 0.6) is 0 Å². The molecule has 3 rings (SSSR count). The van der Waals surface area contributed by atoms with Crippen molar-refractivity contribution < 1.29 is 14.6 Å². The van der Waals surface area contributed by atoms with Crippen LogP contribution in [0.4, 0.5) is 0 Å². The number of esters is 1. The van der Waals surface area contributed by atoms with E-state index in [1.54, 1.807) is 42.5 Å². The fourth-order valence-electron chi connectivity index (χ4n) is 2.45. The summed E-state index contributed by atoms with van der Waals surface area (Å²) >= 11 is 0. The van der Waals surface area contributed by atoms with Gasteiger partial charge in [0.25, 0.3) is 0 Å². The molecule has 7 heteroatoms. The predicted molar refractivity (Wildman–Crippen MR) is 94.1 cm³/mol. The van der Waals surface area contributed by atoms with Crippen molar-refractivity contribution in [1.82, 2.24) is 15.0 Å². The second-order valence-corrected chi connectivity index (χ2v) is 5.97. The second kappa shape index (κ2) is 6.43. The molecule has 1 heterocycles. The van der Waals surface area contributed by atoms with Crippen LogP contribution in [-0.2, 0) is 15.3 Å². The molecule has 7 nitrogen and oxygen atoms in total. The zero-order chi connectivity index (χ0) is 18.9. The van der Waals surface area contributed by atoms with Crippen LogP contribution in [0.3, 0.4) is 0 Å². The van der Waals surface area contributed by atoms with Gasteiger partial charge in [0.2, 0.25) is 5.79 Å². The van der Waals surface area contributed by atoms with Gasteiger partial charge < -0.3 is 9.84 Å². The minimum Gasteiger partial charge on any atom is -0.426 e. The number of carbonyl (C=O) groups is 1. The van der Waals surface area contributed by atoms with Crippen LogP contribution in [0.1, 0.15) is 25.0 Å². The third-order valence-corrected chi connectivity index (χ3v) is 3.77. The lowest BCUT2D eigenvalue weighted by atomic mass is 10.1. The number of carbonyl (C=O) groups excluding carboxylic acids is 1. The van der Waals surface area contributed by atoms with Gasteiger partial charge >= 0.3 is 5.97 Å². The number of nitrogens with zero attached hydrogens (tertiary/aromatic N) is 4. The fraction of sp³-hybridized carbons (Fsp3) is 0.158. The Balaban J connectivity index is 2.08. The summed E-state index contributed by atoms with van der Waals surface area (Å²) in [5.74, 6) is -2.60. The van der Waals surface area contributed by atoms with Gasteiger partial charge in [-0.3, -0.25) is 0 Å². The number of para-hydroxylation sites is 1. The number of aliphatic hydroxyl groups is 1. The summed E-state index contributed by atoms with van der Waals surface area (Å²) in [4.78, 5) is 13.2. The predicted octanol–water partition coefficient (Wildman–Crippen LogP) is 2.58. The molecule has 1 atom stereocenters. The highest BCUT2D eigenvalue weighted by Crippen LogP contribution is 2.29. The topological polar surface area (TPSA) is 101 Å². The first-order valence-electron chi connectivity index (χ1n) is 7.80. The van der Waals surface area contributed by atoms with Crippen LogP contribution >= 0.6 is 0 Å². The van der Waals surface area contributed by atoms with E-state index in [0.717, 1.165) is 0 Å². The van der Waals surface area contributed by atoms with Gasteiger partial charge in [-0.2, -0.15) is 5.26 Å². The molecule has 0 saturated carbocycles. The van der Waals surface area contributed by atoms with E-state index >= 15 is 0 Å². The minimum atomic E-state index is -1.90. The monoisotopic (exact) mass is 348 g/mol. The summed E-state index contributed by atoms with van der Waals surface area (Å²) < 4.78 is 5.16. The zero-order valence-electron chi connectivity index (χ0n) is 14.3. The van der Waals surface area contributed by atoms with E-state index in [-0.39, 0.29) is 5.57 Å². The number of ether oxygens (including phenoxy) is 1. The van der Waals surface area contributed by atoms with Gasteiger partial charge in [0.1, 0.15) is 11.0 Å². The van der Waals surface area contributed by atoms with Crippen molar-refractivity contribution in [2.45, 2.75) is 19.6 Å². The summed E-state index contributed by atoms with van der Waals surface area (Å²) in [6, 6.07) is 13.8. The Bertz CT molecular complexity index is 1060. The highest BCUT2D eigenvalue weighted by atomic mass is 16.7. The van der Waals surface area contributed by atoms with E-state index in [2.05, 4.69) is 22.8 Å². The molecule has 0 fully saturated rings. The lowest BCUT2D eigenvalue weighted by molar-refractivity contribution is -0.202. The van der Waals surface area contributed by atoms with Crippen molar-refractivity contribution in [2.75, 3.05) is 0 Å². The minimum absolute atomic E-state index is 0.176. The summed E-state index contributed by atoms with van der Waals surface area (Å²) in [7, 11) is 0. The molecule has 26 heavy (non-hydrogen) atoms. The van der Waals surface area contributed by atoms with Crippen LogP contribution in [-0.4, -0.2) is 26.1 Å². The molecule has 0 spiro atoms. The largest absolute Gasteiger partial charge is 0.426 e. The standard InChI is InChI=1S/C19H16N4O3/c1-12(2)18(24)26-19(3,25)14-6-4-5-7-17(14)23-21-15-9-8-13(11-20)10-16(15)22-23/h4-10,25H,1H2,2-3H3. The van der Waals surface area contributed by atoms with Gasteiger partial charge in [-0.25, -0.2) is 4.79 Å². The Morgan fingerprint density at radius 2 is 1.96 bits per heavy atom. The number of rotatable bonds is 4. The van der Waals surface area contributed by atoms with Gasteiger partial charge in [-0.15, -0.1) is 15.0 Å². The maximum Gasteiger partial charge on any atom is 0.335 e. The van der Waals surface area contributed by atoms with Crippen LogP contribution in [0, 0.1) is 11.3 Å². The Hall–Kier alpha value is -3.50. The third-order valence-electron chi connectivity index (χ3n) is 3.77. The Morgan fingerprint density at radius 1 is 1.27 bits per heavy atom. The molecule has 0 amide bonds. The molecule has 1 aromatic heterocycles. The number of hydrogen-bond donors (Lipinski definition) is 1. The van der Waals surface area contributed by atoms with E-state index in [1.807, 2.05) is 0 Å². The van der Waals surface area contributed by atoms with Crippen molar-refractivity contribution in [1.29, 1.82) is 5.26 Å². The lowest BCUT2D eigenvalue weighted by Crippen LogP contribution is -2.30. The zero-order valence-corrected chi connectivity index (χ0v) is 14.3. The highest BCUT2D eigenvalue weighted by molar-refractivity contribution is 5.87. The molecule has 2 aromatic carbocycles. The van der Waals surface area contributed by atoms with Gasteiger partial charge in [-0.1, -0.05) is 24.8 Å². The van der Waals surface area contributed by atoms with E-state index in [1.165, 1.54) is 18.6 Å². The summed E-state index contributed by atoms with van der Waals surface area (Å²) in [6.45, 7) is 6.38. The second-order valence-electron chi connectivity index (χ2n) is 5.97. The maximum absolute atomic E-state index is 11.8. The Labute approximate surface area is 149 Å². The Morgan fingerprint density at radius 3 is 2.65 bits per heavy atom.